The smallest absolute Gasteiger partial charge is 0.254 e. The van der Waals surface area contributed by atoms with E-state index in [0.717, 1.165) is 50.3 Å². The monoisotopic (exact) mass is 523 g/mol. The maximum atomic E-state index is 13.6. The third kappa shape index (κ3) is 5.08. The molecule has 4 aliphatic rings. The molecule has 1 aliphatic carbocycles. The molecule has 1 N–H and O–H groups in total. The molecule has 11 nitrogen and oxygen atoms in total. The Balaban J connectivity index is 1.07. The fourth-order valence-electron chi connectivity index (χ4n) is 6.31. The minimum atomic E-state index is -0.0232. The van der Waals surface area contributed by atoms with E-state index >= 15 is 0 Å². The van der Waals surface area contributed by atoms with E-state index < -0.39 is 0 Å². The summed E-state index contributed by atoms with van der Waals surface area (Å²) in [6.07, 6.45) is 4.29. The first kappa shape index (κ1) is 25.1. The number of aromatic nitrogens is 4. The molecule has 11 heteroatoms. The lowest BCUT2D eigenvalue weighted by Gasteiger charge is -2.27. The number of hydrogen-bond donors (Lipinski definition) is 1. The molecule has 204 valence electrons. The average Bonchev–Trinajstić information content (AvgIpc) is 3.66. The molecule has 3 fully saturated rings. The van der Waals surface area contributed by atoms with Gasteiger partial charge in [-0.15, -0.1) is 5.10 Å². The third-order valence-corrected chi connectivity index (χ3v) is 8.62. The number of ether oxygens (including phenoxy) is 2. The van der Waals surface area contributed by atoms with Crippen molar-refractivity contribution in [2.24, 2.45) is 23.7 Å². The summed E-state index contributed by atoms with van der Waals surface area (Å²) < 4.78 is 11.5. The van der Waals surface area contributed by atoms with Gasteiger partial charge in [-0.25, -0.2) is 0 Å². The summed E-state index contributed by atoms with van der Waals surface area (Å²) in [4.78, 5) is 37.3. The van der Waals surface area contributed by atoms with Crippen molar-refractivity contribution < 1.29 is 19.1 Å². The summed E-state index contributed by atoms with van der Waals surface area (Å²) >= 11 is 0. The van der Waals surface area contributed by atoms with E-state index in [2.05, 4.69) is 20.4 Å². The molecule has 38 heavy (non-hydrogen) atoms. The quantitative estimate of drug-likeness (QED) is 0.604. The molecule has 3 saturated heterocycles. The van der Waals surface area contributed by atoms with Crippen LogP contribution in [0.2, 0.25) is 0 Å². The van der Waals surface area contributed by atoms with Crippen LogP contribution in [0, 0.1) is 23.7 Å². The van der Waals surface area contributed by atoms with Gasteiger partial charge in [0.25, 0.3) is 5.91 Å². The van der Waals surface area contributed by atoms with E-state index in [1.807, 2.05) is 34.9 Å². The van der Waals surface area contributed by atoms with Crippen LogP contribution in [0.4, 0.5) is 5.82 Å². The number of aromatic amines is 1. The molecule has 0 bridgehead atoms. The molecule has 5 heterocycles. The predicted molar refractivity (Wildman–Crippen MR) is 139 cm³/mol. The molecular weight excluding hydrogens is 486 g/mol. The Labute approximate surface area is 222 Å². The molecule has 3 aliphatic heterocycles. The van der Waals surface area contributed by atoms with Gasteiger partial charge >= 0.3 is 0 Å². The zero-order valence-electron chi connectivity index (χ0n) is 22.3. The van der Waals surface area contributed by atoms with Crippen molar-refractivity contribution in [2.45, 2.75) is 32.1 Å². The highest BCUT2D eigenvalue weighted by molar-refractivity contribution is 5.95. The minimum absolute atomic E-state index is 0.00420. The van der Waals surface area contributed by atoms with E-state index in [0.29, 0.717) is 74.2 Å². The number of likely N-dealkylation sites (tertiary alicyclic amines) is 2. The Hall–Kier alpha value is -3.21. The maximum Gasteiger partial charge on any atom is 0.254 e. The first-order valence-electron chi connectivity index (χ1n) is 13.8. The summed E-state index contributed by atoms with van der Waals surface area (Å²) in [5.41, 5.74) is 2.59. The number of nitrogens with one attached hydrogen (secondary N) is 1. The Morgan fingerprint density at radius 2 is 1.82 bits per heavy atom. The zero-order valence-corrected chi connectivity index (χ0v) is 22.3. The molecule has 1 unspecified atom stereocenters. The number of carbonyl (C=O) groups is 2. The highest BCUT2D eigenvalue weighted by Crippen LogP contribution is 2.35. The lowest BCUT2D eigenvalue weighted by Crippen LogP contribution is -2.40. The number of anilines is 1. The number of aryl methyl sites for hydroxylation is 1. The van der Waals surface area contributed by atoms with Crippen LogP contribution in [-0.4, -0.2) is 102 Å². The Bertz CT molecular complexity index is 1160. The molecule has 3 atom stereocenters. The van der Waals surface area contributed by atoms with Gasteiger partial charge in [0.15, 0.2) is 0 Å². The largest absolute Gasteiger partial charge is 0.477 e. The first-order valence-corrected chi connectivity index (χ1v) is 13.8. The second kappa shape index (κ2) is 10.5. The minimum Gasteiger partial charge on any atom is -0.477 e. The van der Waals surface area contributed by atoms with Crippen LogP contribution < -0.4 is 9.64 Å². The van der Waals surface area contributed by atoms with Crippen molar-refractivity contribution in [3.63, 3.8) is 0 Å². The fourth-order valence-corrected chi connectivity index (χ4v) is 6.31. The molecule has 0 aromatic carbocycles. The van der Waals surface area contributed by atoms with Gasteiger partial charge in [0.2, 0.25) is 11.8 Å². The van der Waals surface area contributed by atoms with Crippen molar-refractivity contribution in [1.82, 2.24) is 30.2 Å². The van der Waals surface area contributed by atoms with Crippen LogP contribution in [0.25, 0.3) is 0 Å². The summed E-state index contributed by atoms with van der Waals surface area (Å²) in [5, 5.41) is 11.0. The second-order valence-corrected chi connectivity index (χ2v) is 11.5. The molecule has 0 saturated carbocycles. The van der Waals surface area contributed by atoms with E-state index in [4.69, 9.17) is 9.47 Å². The van der Waals surface area contributed by atoms with Crippen molar-refractivity contribution in [2.75, 3.05) is 65.0 Å². The molecule has 6 rings (SSSR count). The van der Waals surface area contributed by atoms with E-state index in [9.17, 15) is 9.59 Å². The standard InChI is InChI=1S/C27H37N7O4/c1-32(2)24-10-19(11-25(28-24)38-16-17-5-7-37-8-6-17)27(36)34-14-20-12-33(13-21(20)15-34)26(35)18-3-4-22-23(9-18)30-31-29-22/h10-11,17-18,20-21H,3-9,12-16H2,1-2H3,(H,29,30,31)/t18?,20-,21-/m0/s1. The predicted octanol–water partition coefficient (Wildman–Crippen LogP) is 1.41. The summed E-state index contributed by atoms with van der Waals surface area (Å²) in [5.74, 6) is 2.48. The van der Waals surface area contributed by atoms with Crippen LogP contribution in [0.3, 0.4) is 0 Å². The number of fused-ring (bicyclic) bond motifs is 2. The van der Waals surface area contributed by atoms with Crippen molar-refractivity contribution in [3.05, 3.63) is 29.1 Å². The molecule has 0 spiro atoms. The zero-order chi connectivity index (χ0) is 26.2. The Kier molecular flexibility index (Phi) is 6.94. The number of hydrogen-bond acceptors (Lipinski definition) is 8. The maximum absolute atomic E-state index is 13.6. The molecule has 0 radical (unpaired) electrons. The SMILES string of the molecule is CN(C)c1cc(C(=O)N2C[C@@H]3CN(C(=O)C4CCc5[nH]nnc5C4)C[C@H]3C2)cc(OCC2CCOCC2)n1. The van der Waals surface area contributed by atoms with Gasteiger partial charge in [0.1, 0.15) is 5.82 Å². The Morgan fingerprint density at radius 3 is 2.55 bits per heavy atom. The lowest BCUT2D eigenvalue weighted by molar-refractivity contribution is -0.135. The van der Waals surface area contributed by atoms with E-state index in [-0.39, 0.29) is 17.7 Å². The third-order valence-electron chi connectivity index (χ3n) is 8.62. The van der Waals surface area contributed by atoms with Gasteiger partial charge in [-0.3, -0.25) is 14.7 Å². The van der Waals surface area contributed by atoms with Crippen LogP contribution in [0.5, 0.6) is 5.88 Å². The van der Waals surface area contributed by atoms with Crippen LogP contribution in [-0.2, 0) is 22.4 Å². The summed E-state index contributed by atoms with van der Waals surface area (Å²) in [6, 6.07) is 3.62. The van der Waals surface area contributed by atoms with Crippen molar-refractivity contribution >= 4 is 17.6 Å². The number of carbonyl (C=O) groups excluding carboxylic acids is 2. The highest BCUT2D eigenvalue weighted by Gasteiger charge is 2.44. The second-order valence-electron chi connectivity index (χ2n) is 11.5. The Morgan fingerprint density at radius 1 is 1.08 bits per heavy atom. The van der Waals surface area contributed by atoms with Gasteiger partial charge in [-0.2, -0.15) is 4.98 Å². The van der Waals surface area contributed by atoms with Crippen LogP contribution in [0.15, 0.2) is 12.1 Å². The van der Waals surface area contributed by atoms with Gasteiger partial charge in [-0.05, 0) is 37.7 Å². The molecule has 2 amide bonds. The topological polar surface area (TPSA) is 117 Å². The molecule has 2 aromatic heterocycles. The fraction of sp³-hybridized carbons (Fsp3) is 0.667. The average molecular weight is 524 g/mol. The van der Waals surface area contributed by atoms with Gasteiger partial charge in [0.05, 0.1) is 18.0 Å². The van der Waals surface area contributed by atoms with E-state index in [1.165, 1.54) is 0 Å². The van der Waals surface area contributed by atoms with Gasteiger partial charge in [0, 0.05) is 89.3 Å². The van der Waals surface area contributed by atoms with Gasteiger partial charge < -0.3 is 24.2 Å². The van der Waals surface area contributed by atoms with Gasteiger partial charge in [-0.1, -0.05) is 5.21 Å². The summed E-state index contributed by atoms with van der Waals surface area (Å²) in [6.45, 7) is 4.89. The number of H-pyrrole nitrogens is 1. The number of rotatable bonds is 6. The lowest BCUT2D eigenvalue weighted by atomic mass is 9.89. The molecular formula is C27H37N7O4. The number of nitrogens with zero attached hydrogens (tertiary/aromatic N) is 6. The normalized spacial score (nSPS) is 25.3. The first-order chi connectivity index (χ1) is 18.4. The van der Waals surface area contributed by atoms with Crippen LogP contribution >= 0.6 is 0 Å². The van der Waals surface area contributed by atoms with Crippen LogP contribution in [0.1, 0.15) is 41.0 Å². The number of amides is 2. The molecule has 2 aromatic rings. The summed E-state index contributed by atoms with van der Waals surface area (Å²) in [7, 11) is 3.83. The highest BCUT2D eigenvalue weighted by atomic mass is 16.5. The number of pyridine rings is 1. The van der Waals surface area contributed by atoms with Crippen molar-refractivity contribution in [1.29, 1.82) is 0 Å². The van der Waals surface area contributed by atoms with E-state index in [1.54, 1.807) is 6.07 Å². The van der Waals surface area contributed by atoms with Crippen molar-refractivity contribution in [3.8, 4) is 5.88 Å².